The van der Waals surface area contributed by atoms with Gasteiger partial charge in [-0.1, -0.05) is 0 Å². The molecule has 0 unspecified atom stereocenters. The third-order valence-electron chi connectivity index (χ3n) is 2.39. The van der Waals surface area contributed by atoms with E-state index in [1.165, 1.54) is 19.1 Å². The molecule has 0 radical (unpaired) electrons. The topological polar surface area (TPSA) is 54.3 Å². The second-order valence-corrected chi connectivity index (χ2v) is 3.82. The van der Waals surface area contributed by atoms with Crippen molar-refractivity contribution in [2.45, 2.75) is 25.3 Å². The summed E-state index contributed by atoms with van der Waals surface area (Å²) in [7, 11) is 0. The van der Waals surface area contributed by atoms with Crippen molar-refractivity contribution >= 4 is 5.91 Å². The summed E-state index contributed by atoms with van der Waals surface area (Å²) in [6, 6.07) is 4.12. The zero-order valence-corrected chi connectivity index (χ0v) is 8.66. The highest BCUT2D eigenvalue weighted by Gasteiger charge is 2.19. The number of hydrogen-bond donors (Lipinski definition) is 2. The largest absolute Gasteiger partial charge is 0.459 e. The Bertz CT molecular complexity index is 304. The summed E-state index contributed by atoms with van der Waals surface area (Å²) in [5, 5.41) is 6.20. The smallest absolute Gasteiger partial charge is 0.286 e. The minimum Gasteiger partial charge on any atom is -0.459 e. The van der Waals surface area contributed by atoms with Crippen molar-refractivity contribution in [2.24, 2.45) is 0 Å². The van der Waals surface area contributed by atoms with Crippen molar-refractivity contribution < 1.29 is 9.21 Å². The van der Waals surface area contributed by atoms with Gasteiger partial charge in [-0.3, -0.25) is 4.79 Å². The standard InChI is InChI=1S/C11H16N2O2/c14-11(10-3-1-8-15-10)13-7-2-6-12-9-4-5-9/h1,3,8-9,12H,2,4-7H2,(H,13,14). The lowest BCUT2D eigenvalue weighted by Crippen LogP contribution is -2.27. The van der Waals surface area contributed by atoms with Crippen LogP contribution in [-0.4, -0.2) is 25.0 Å². The first-order valence-corrected chi connectivity index (χ1v) is 5.41. The average Bonchev–Trinajstić information content (AvgIpc) is 2.90. The molecule has 82 valence electrons. The fraction of sp³-hybridized carbons (Fsp3) is 0.545. The van der Waals surface area contributed by atoms with Crippen LogP contribution in [-0.2, 0) is 0 Å². The van der Waals surface area contributed by atoms with Crippen LogP contribution in [0.5, 0.6) is 0 Å². The van der Waals surface area contributed by atoms with E-state index < -0.39 is 0 Å². The lowest BCUT2D eigenvalue weighted by Gasteiger charge is -2.03. The molecule has 1 aliphatic carbocycles. The van der Waals surface area contributed by atoms with E-state index in [1.54, 1.807) is 12.1 Å². The van der Waals surface area contributed by atoms with Crippen LogP contribution in [0, 0.1) is 0 Å². The molecule has 4 nitrogen and oxygen atoms in total. The number of carbonyl (C=O) groups is 1. The molecule has 0 saturated heterocycles. The molecule has 2 N–H and O–H groups in total. The number of amides is 1. The minimum absolute atomic E-state index is 0.133. The van der Waals surface area contributed by atoms with Crippen molar-refractivity contribution in [3.63, 3.8) is 0 Å². The molecule has 0 aliphatic heterocycles. The monoisotopic (exact) mass is 208 g/mol. The van der Waals surface area contributed by atoms with E-state index >= 15 is 0 Å². The second-order valence-electron chi connectivity index (χ2n) is 3.82. The number of hydrogen-bond acceptors (Lipinski definition) is 3. The van der Waals surface area contributed by atoms with Crippen LogP contribution in [0.1, 0.15) is 29.8 Å². The van der Waals surface area contributed by atoms with E-state index in [0.29, 0.717) is 12.3 Å². The molecule has 0 spiro atoms. The molecule has 1 amide bonds. The third-order valence-corrected chi connectivity index (χ3v) is 2.39. The summed E-state index contributed by atoms with van der Waals surface area (Å²) < 4.78 is 4.97. The molecule has 2 rings (SSSR count). The highest BCUT2D eigenvalue weighted by Crippen LogP contribution is 2.18. The summed E-state index contributed by atoms with van der Waals surface area (Å²) >= 11 is 0. The van der Waals surface area contributed by atoms with Crippen LogP contribution in [0.3, 0.4) is 0 Å². The summed E-state index contributed by atoms with van der Waals surface area (Å²) in [6.45, 7) is 1.67. The number of nitrogens with one attached hydrogen (secondary N) is 2. The molecule has 1 heterocycles. The maximum atomic E-state index is 11.4. The molecule has 4 heteroatoms. The van der Waals surface area contributed by atoms with Crippen LogP contribution in [0.2, 0.25) is 0 Å². The Kier molecular flexibility index (Phi) is 3.40. The summed E-state index contributed by atoms with van der Waals surface area (Å²) in [5.74, 6) is 0.247. The molecular formula is C11H16N2O2. The summed E-state index contributed by atoms with van der Waals surface area (Å²) in [4.78, 5) is 11.4. The Morgan fingerprint density at radius 2 is 2.33 bits per heavy atom. The normalized spacial score (nSPS) is 15.2. The van der Waals surface area contributed by atoms with Crippen molar-refractivity contribution in [1.82, 2.24) is 10.6 Å². The Labute approximate surface area is 89.0 Å². The average molecular weight is 208 g/mol. The van der Waals surface area contributed by atoms with Gasteiger partial charge in [0.25, 0.3) is 5.91 Å². The number of rotatable bonds is 6. The Balaban J connectivity index is 1.55. The highest BCUT2D eigenvalue weighted by molar-refractivity contribution is 5.91. The van der Waals surface area contributed by atoms with Gasteiger partial charge in [0, 0.05) is 12.6 Å². The van der Waals surface area contributed by atoms with Crippen molar-refractivity contribution in [2.75, 3.05) is 13.1 Å². The summed E-state index contributed by atoms with van der Waals surface area (Å²) in [6.07, 6.45) is 5.07. The Morgan fingerprint density at radius 1 is 1.47 bits per heavy atom. The molecule has 1 fully saturated rings. The molecule has 0 aromatic carbocycles. The van der Waals surface area contributed by atoms with Gasteiger partial charge in [-0.25, -0.2) is 0 Å². The van der Waals surface area contributed by atoms with E-state index in [1.807, 2.05) is 0 Å². The lowest BCUT2D eigenvalue weighted by atomic mass is 10.3. The molecule has 0 bridgehead atoms. The first kappa shape index (κ1) is 10.2. The molecule has 1 aromatic heterocycles. The first-order valence-electron chi connectivity index (χ1n) is 5.41. The van der Waals surface area contributed by atoms with E-state index in [-0.39, 0.29) is 5.91 Å². The van der Waals surface area contributed by atoms with E-state index in [2.05, 4.69) is 10.6 Å². The number of furan rings is 1. The van der Waals surface area contributed by atoms with Gasteiger partial charge in [0.1, 0.15) is 0 Å². The molecular weight excluding hydrogens is 192 g/mol. The highest BCUT2D eigenvalue weighted by atomic mass is 16.3. The molecule has 1 saturated carbocycles. The molecule has 15 heavy (non-hydrogen) atoms. The SMILES string of the molecule is O=C(NCCCNC1CC1)c1ccco1. The van der Waals surface area contributed by atoms with Crippen molar-refractivity contribution in [1.29, 1.82) is 0 Å². The van der Waals surface area contributed by atoms with Gasteiger partial charge in [-0.05, 0) is 37.9 Å². The van der Waals surface area contributed by atoms with Crippen molar-refractivity contribution in [3.05, 3.63) is 24.2 Å². The molecule has 0 atom stereocenters. The van der Waals surface area contributed by atoms with Crippen LogP contribution >= 0.6 is 0 Å². The molecule has 1 aromatic rings. The third kappa shape index (κ3) is 3.40. The first-order chi connectivity index (χ1) is 7.36. The molecule has 1 aliphatic rings. The Hall–Kier alpha value is -1.29. The Morgan fingerprint density at radius 3 is 3.00 bits per heavy atom. The maximum Gasteiger partial charge on any atom is 0.286 e. The van der Waals surface area contributed by atoms with Gasteiger partial charge in [0.15, 0.2) is 5.76 Å². The van der Waals surface area contributed by atoms with E-state index in [0.717, 1.165) is 19.0 Å². The van der Waals surface area contributed by atoms with Gasteiger partial charge >= 0.3 is 0 Å². The zero-order chi connectivity index (χ0) is 10.5. The van der Waals surface area contributed by atoms with Crippen LogP contribution in [0.25, 0.3) is 0 Å². The van der Waals surface area contributed by atoms with Gasteiger partial charge in [0.05, 0.1) is 6.26 Å². The van der Waals surface area contributed by atoms with Gasteiger partial charge in [0.2, 0.25) is 0 Å². The predicted octanol–water partition coefficient (Wildman–Crippen LogP) is 1.15. The minimum atomic E-state index is -0.133. The maximum absolute atomic E-state index is 11.4. The van der Waals surface area contributed by atoms with Gasteiger partial charge in [-0.2, -0.15) is 0 Å². The zero-order valence-electron chi connectivity index (χ0n) is 8.66. The van der Waals surface area contributed by atoms with Gasteiger partial charge in [-0.15, -0.1) is 0 Å². The fourth-order valence-corrected chi connectivity index (χ4v) is 1.38. The van der Waals surface area contributed by atoms with Crippen LogP contribution < -0.4 is 10.6 Å². The number of carbonyl (C=O) groups excluding carboxylic acids is 1. The van der Waals surface area contributed by atoms with Crippen molar-refractivity contribution in [3.8, 4) is 0 Å². The lowest BCUT2D eigenvalue weighted by molar-refractivity contribution is 0.0925. The predicted molar refractivity (Wildman–Crippen MR) is 56.7 cm³/mol. The van der Waals surface area contributed by atoms with E-state index in [4.69, 9.17) is 4.42 Å². The fourth-order valence-electron chi connectivity index (χ4n) is 1.38. The van der Waals surface area contributed by atoms with E-state index in [9.17, 15) is 4.79 Å². The second kappa shape index (κ2) is 4.98. The van der Waals surface area contributed by atoms with Crippen LogP contribution in [0.15, 0.2) is 22.8 Å². The van der Waals surface area contributed by atoms with Gasteiger partial charge < -0.3 is 15.1 Å². The quantitative estimate of drug-likeness (QED) is 0.689. The van der Waals surface area contributed by atoms with Crippen LogP contribution in [0.4, 0.5) is 0 Å². The summed E-state index contributed by atoms with van der Waals surface area (Å²) in [5.41, 5.74) is 0.